The van der Waals surface area contributed by atoms with Crippen molar-refractivity contribution in [2.24, 2.45) is 35.5 Å². The molecule has 0 aromatic heterocycles. The number of hydrogen-bond acceptors (Lipinski definition) is 0. The molecule has 4 bridgehead atoms. The molecule has 0 saturated heterocycles. The molecule has 0 radical (unpaired) electrons. The first-order chi connectivity index (χ1) is 6.93. The van der Waals surface area contributed by atoms with Gasteiger partial charge < -0.3 is 0 Å². The van der Waals surface area contributed by atoms with E-state index in [4.69, 9.17) is 0 Å². The Balaban J connectivity index is 1.77. The van der Waals surface area contributed by atoms with E-state index in [9.17, 15) is 0 Å². The summed E-state index contributed by atoms with van der Waals surface area (Å²) in [6.07, 6.45) is 14.5. The van der Waals surface area contributed by atoms with Crippen molar-refractivity contribution in [3.63, 3.8) is 0 Å². The minimum Gasteiger partial charge on any atom is -0.0848 e. The molecule has 0 heterocycles. The maximum absolute atomic E-state index is 2.58. The largest absolute Gasteiger partial charge is 0.0848 e. The van der Waals surface area contributed by atoms with Crippen LogP contribution in [0.4, 0.5) is 0 Å². The molecular weight excluding hydrogens is 168 g/mol. The summed E-state index contributed by atoms with van der Waals surface area (Å²) in [5.41, 5.74) is 0. The van der Waals surface area contributed by atoms with Crippen LogP contribution < -0.4 is 0 Å². The molecule has 0 heteroatoms. The van der Waals surface area contributed by atoms with Crippen molar-refractivity contribution in [3.8, 4) is 0 Å². The molecule has 4 fully saturated rings. The molecule has 6 rings (SSSR count). The summed E-state index contributed by atoms with van der Waals surface area (Å²) < 4.78 is 0. The van der Waals surface area contributed by atoms with E-state index in [1.807, 2.05) is 0 Å². The lowest BCUT2D eigenvalue weighted by atomic mass is 9.47. The Kier molecular flexibility index (Phi) is 1.51. The van der Waals surface area contributed by atoms with Crippen molar-refractivity contribution >= 4 is 0 Å². The van der Waals surface area contributed by atoms with Crippen LogP contribution in [0.1, 0.15) is 38.5 Å². The minimum atomic E-state index is 0.998. The molecule has 0 N–H and O–H groups in total. The standard InChI is InChI=1S/C14H20/c1-2-10-4-3-9(1)13-11-5-7-12(8-6-11)14(10)13/h1-2,9-14H,3-8H2. The highest BCUT2D eigenvalue weighted by Crippen LogP contribution is 2.60. The van der Waals surface area contributed by atoms with Crippen LogP contribution in [0.5, 0.6) is 0 Å². The van der Waals surface area contributed by atoms with Gasteiger partial charge in [0.05, 0.1) is 0 Å². The monoisotopic (exact) mass is 188 g/mol. The predicted octanol–water partition coefficient (Wildman–Crippen LogP) is 3.63. The van der Waals surface area contributed by atoms with Gasteiger partial charge in [-0.3, -0.25) is 0 Å². The van der Waals surface area contributed by atoms with E-state index in [-0.39, 0.29) is 0 Å². The van der Waals surface area contributed by atoms with Crippen LogP contribution >= 0.6 is 0 Å². The molecule has 6 aliphatic carbocycles. The molecule has 0 aromatic rings. The highest BCUT2D eigenvalue weighted by Gasteiger charge is 2.52. The second-order valence-electron chi connectivity index (χ2n) is 6.12. The summed E-state index contributed by atoms with van der Waals surface area (Å²) in [5.74, 6) is 6.51. The fourth-order valence-electron chi connectivity index (χ4n) is 5.32. The van der Waals surface area contributed by atoms with Crippen LogP contribution in [0.3, 0.4) is 0 Å². The van der Waals surface area contributed by atoms with E-state index >= 15 is 0 Å². The van der Waals surface area contributed by atoms with Crippen molar-refractivity contribution in [2.75, 3.05) is 0 Å². The zero-order chi connectivity index (χ0) is 9.12. The fraction of sp³-hybridized carbons (Fsp3) is 0.857. The summed E-state index contributed by atoms with van der Waals surface area (Å²) in [6, 6.07) is 0. The van der Waals surface area contributed by atoms with Crippen molar-refractivity contribution in [3.05, 3.63) is 12.2 Å². The molecule has 0 aromatic carbocycles. The highest BCUT2D eigenvalue weighted by atomic mass is 14.6. The maximum Gasteiger partial charge on any atom is -0.0199 e. The molecule has 0 nitrogen and oxygen atoms in total. The number of fused-ring (bicyclic) bond motifs is 3. The van der Waals surface area contributed by atoms with Crippen LogP contribution in [0.2, 0.25) is 0 Å². The van der Waals surface area contributed by atoms with E-state index in [1.54, 1.807) is 25.7 Å². The topological polar surface area (TPSA) is 0 Å². The van der Waals surface area contributed by atoms with Crippen LogP contribution in [0.25, 0.3) is 0 Å². The van der Waals surface area contributed by atoms with Crippen LogP contribution in [0, 0.1) is 35.5 Å². The Hall–Kier alpha value is -0.260. The highest BCUT2D eigenvalue weighted by molar-refractivity contribution is 5.14. The van der Waals surface area contributed by atoms with Crippen LogP contribution in [-0.4, -0.2) is 0 Å². The lowest BCUT2D eigenvalue weighted by molar-refractivity contribution is -0.0571. The van der Waals surface area contributed by atoms with Crippen molar-refractivity contribution in [1.82, 2.24) is 0 Å². The number of allylic oxidation sites excluding steroid dienone is 2. The maximum atomic E-state index is 2.58. The van der Waals surface area contributed by atoms with E-state index in [0.717, 1.165) is 35.5 Å². The SMILES string of the molecule is C1=CC2CCC1C1C3CCC(CC3)C21. The van der Waals surface area contributed by atoms with E-state index < -0.39 is 0 Å². The quantitative estimate of drug-likeness (QED) is 0.509. The second-order valence-corrected chi connectivity index (χ2v) is 6.12. The summed E-state index contributed by atoms with van der Waals surface area (Å²) >= 11 is 0. The van der Waals surface area contributed by atoms with Gasteiger partial charge in [0.25, 0.3) is 0 Å². The van der Waals surface area contributed by atoms with Gasteiger partial charge in [-0.25, -0.2) is 0 Å². The first-order valence-corrected chi connectivity index (χ1v) is 6.62. The smallest absolute Gasteiger partial charge is 0.0199 e. The average molecular weight is 188 g/mol. The average Bonchev–Trinajstić information content (AvgIpc) is 2.32. The van der Waals surface area contributed by atoms with Gasteiger partial charge in [0, 0.05) is 0 Å². The van der Waals surface area contributed by atoms with E-state index in [1.165, 1.54) is 12.8 Å². The Labute approximate surface area is 86.8 Å². The summed E-state index contributed by atoms with van der Waals surface area (Å²) in [7, 11) is 0. The molecule has 4 unspecified atom stereocenters. The van der Waals surface area contributed by atoms with E-state index in [2.05, 4.69) is 12.2 Å². The lowest BCUT2D eigenvalue weighted by Gasteiger charge is -2.58. The van der Waals surface area contributed by atoms with Gasteiger partial charge in [0.1, 0.15) is 0 Å². The number of rotatable bonds is 0. The normalized spacial score (nSPS) is 58.9. The Morgan fingerprint density at radius 2 is 1.00 bits per heavy atom. The third kappa shape index (κ3) is 0.857. The summed E-state index contributed by atoms with van der Waals surface area (Å²) in [4.78, 5) is 0. The fourth-order valence-corrected chi connectivity index (χ4v) is 5.32. The molecule has 76 valence electrons. The van der Waals surface area contributed by atoms with Crippen molar-refractivity contribution < 1.29 is 0 Å². The van der Waals surface area contributed by atoms with Gasteiger partial charge in [0.2, 0.25) is 0 Å². The zero-order valence-corrected chi connectivity index (χ0v) is 8.86. The first-order valence-electron chi connectivity index (χ1n) is 6.62. The Morgan fingerprint density at radius 1 is 0.571 bits per heavy atom. The van der Waals surface area contributed by atoms with Gasteiger partial charge in [0.15, 0.2) is 0 Å². The lowest BCUT2D eigenvalue weighted by Crippen LogP contribution is -2.50. The molecule has 4 atom stereocenters. The summed E-state index contributed by atoms with van der Waals surface area (Å²) in [6.45, 7) is 0. The Bertz CT molecular complexity index is 242. The van der Waals surface area contributed by atoms with E-state index in [0.29, 0.717) is 0 Å². The third-order valence-electron chi connectivity index (χ3n) is 5.78. The van der Waals surface area contributed by atoms with Crippen LogP contribution in [-0.2, 0) is 0 Å². The molecule has 0 amide bonds. The van der Waals surface area contributed by atoms with Crippen molar-refractivity contribution in [1.29, 1.82) is 0 Å². The molecule has 0 aliphatic heterocycles. The van der Waals surface area contributed by atoms with Gasteiger partial charge in [-0.15, -0.1) is 0 Å². The van der Waals surface area contributed by atoms with Crippen molar-refractivity contribution in [2.45, 2.75) is 38.5 Å². The Morgan fingerprint density at radius 3 is 1.36 bits per heavy atom. The minimum absolute atomic E-state index is 0.998. The zero-order valence-electron chi connectivity index (χ0n) is 8.86. The third-order valence-corrected chi connectivity index (χ3v) is 5.78. The molecule has 0 spiro atoms. The van der Waals surface area contributed by atoms with Gasteiger partial charge >= 0.3 is 0 Å². The predicted molar refractivity (Wildman–Crippen MR) is 57.8 cm³/mol. The molecular formula is C14H20. The summed E-state index contributed by atoms with van der Waals surface area (Å²) in [5, 5.41) is 0. The first kappa shape index (κ1) is 7.96. The molecule has 4 saturated carbocycles. The molecule has 6 aliphatic rings. The van der Waals surface area contributed by atoms with Crippen LogP contribution in [0.15, 0.2) is 12.2 Å². The van der Waals surface area contributed by atoms with Gasteiger partial charge in [-0.2, -0.15) is 0 Å². The van der Waals surface area contributed by atoms with Gasteiger partial charge in [-0.1, -0.05) is 12.2 Å². The second kappa shape index (κ2) is 2.65. The molecule has 14 heavy (non-hydrogen) atoms. The number of hydrogen-bond donors (Lipinski definition) is 0. The van der Waals surface area contributed by atoms with Gasteiger partial charge in [-0.05, 0) is 74.0 Å².